The first kappa shape index (κ1) is 15.0. The van der Waals surface area contributed by atoms with Crippen molar-refractivity contribution >= 4 is 22.6 Å². The molecule has 5 rings (SSSR count). The van der Waals surface area contributed by atoms with Crippen molar-refractivity contribution in [3.05, 3.63) is 0 Å². The number of rotatable bonds is 4. The molecule has 1 aliphatic heterocycles. The molecule has 0 radical (unpaired) electrons. The zero-order chi connectivity index (χ0) is 15.2. The van der Waals surface area contributed by atoms with Gasteiger partial charge in [0.05, 0.1) is 5.71 Å². The fraction of sp³-hybridized carbons (Fsp3) is 0.889. The fourth-order valence-electron chi connectivity index (χ4n) is 5.56. The Hall–Kier alpha value is -0.510. The Bertz CT molecular complexity index is 459. The number of hydrazone groups is 1. The minimum absolute atomic E-state index is 0.457. The van der Waals surface area contributed by atoms with E-state index in [0.29, 0.717) is 5.41 Å². The van der Waals surface area contributed by atoms with Gasteiger partial charge in [-0.2, -0.15) is 5.10 Å². The highest BCUT2D eigenvalue weighted by molar-refractivity contribution is 8.14. The van der Waals surface area contributed by atoms with Crippen molar-refractivity contribution in [3.63, 3.8) is 0 Å². The van der Waals surface area contributed by atoms with E-state index in [9.17, 15) is 0 Å². The van der Waals surface area contributed by atoms with Gasteiger partial charge in [-0.3, -0.25) is 10.4 Å². The van der Waals surface area contributed by atoms with Gasteiger partial charge in [-0.15, -0.1) is 0 Å². The predicted octanol–water partition coefficient (Wildman–Crippen LogP) is 4.30. The minimum atomic E-state index is 0.457. The Balaban J connectivity index is 1.43. The molecular formula is C18H29N3S. The highest BCUT2D eigenvalue weighted by Gasteiger charge is 2.53. The highest BCUT2D eigenvalue weighted by atomic mass is 32.2. The first-order valence-electron chi connectivity index (χ1n) is 9.13. The lowest BCUT2D eigenvalue weighted by molar-refractivity contribution is -0.0126. The quantitative estimate of drug-likeness (QED) is 0.839. The zero-order valence-electron chi connectivity index (χ0n) is 14.0. The maximum atomic E-state index is 4.81. The molecular weight excluding hydrogens is 290 g/mol. The van der Waals surface area contributed by atoms with E-state index in [4.69, 9.17) is 5.10 Å². The molecule has 122 valence electrons. The number of hydrogen-bond donors (Lipinski definition) is 1. The van der Waals surface area contributed by atoms with E-state index in [2.05, 4.69) is 24.3 Å². The number of amidine groups is 1. The van der Waals surface area contributed by atoms with E-state index in [1.165, 1.54) is 44.2 Å². The van der Waals surface area contributed by atoms with E-state index >= 15 is 0 Å². The number of aliphatic imine (C=N–C) groups is 1. The van der Waals surface area contributed by atoms with Gasteiger partial charge in [0.2, 0.25) is 0 Å². The number of nitrogens with one attached hydrogen (secondary N) is 1. The first-order chi connectivity index (χ1) is 10.6. The number of thioether (sulfide) groups is 1. The molecule has 0 aromatic heterocycles. The molecule has 0 aromatic rings. The summed E-state index contributed by atoms with van der Waals surface area (Å²) >= 11 is 1.88. The summed E-state index contributed by atoms with van der Waals surface area (Å²) in [6.45, 7) is 5.44. The second-order valence-electron chi connectivity index (χ2n) is 8.53. The van der Waals surface area contributed by atoms with Gasteiger partial charge in [0, 0.05) is 17.7 Å². The fourth-order valence-corrected chi connectivity index (χ4v) is 6.49. The van der Waals surface area contributed by atoms with Crippen molar-refractivity contribution in [2.24, 2.45) is 39.2 Å². The van der Waals surface area contributed by atoms with E-state index < -0.39 is 0 Å². The Morgan fingerprint density at radius 1 is 1.18 bits per heavy atom. The van der Waals surface area contributed by atoms with E-state index in [0.717, 1.165) is 47.6 Å². The molecule has 0 aromatic carbocycles. The van der Waals surface area contributed by atoms with E-state index in [1.807, 2.05) is 11.8 Å². The second-order valence-corrected chi connectivity index (χ2v) is 9.49. The summed E-state index contributed by atoms with van der Waals surface area (Å²) in [4.78, 5) is 4.67. The average Bonchev–Trinajstić information content (AvgIpc) is 2.46. The third-order valence-corrected chi connectivity index (χ3v) is 7.16. The predicted molar refractivity (Wildman–Crippen MR) is 95.4 cm³/mol. The molecule has 5 aliphatic rings. The summed E-state index contributed by atoms with van der Waals surface area (Å²) in [5.74, 6) is 4.80. The molecule has 4 saturated carbocycles. The van der Waals surface area contributed by atoms with Crippen molar-refractivity contribution in [1.29, 1.82) is 0 Å². The molecule has 4 bridgehead atoms. The van der Waals surface area contributed by atoms with Crippen LogP contribution in [0.1, 0.15) is 58.8 Å². The molecule has 0 unspecified atom stereocenters. The second kappa shape index (κ2) is 5.85. The van der Waals surface area contributed by atoms with Crippen molar-refractivity contribution in [3.8, 4) is 0 Å². The van der Waals surface area contributed by atoms with Crippen LogP contribution in [0.5, 0.6) is 0 Å². The summed E-state index contributed by atoms with van der Waals surface area (Å²) in [6.07, 6.45) is 9.94. The molecule has 1 N–H and O–H groups in total. The maximum Gasteiger partial charge on any atom is 0.177 e. The van der Waals surface area contributed by atoms with Crippen LogP contribution in [0.2, 0.25) is 0 Å². The summed E-state index contributed by atoms with van der Waals surface area (Å²) < 4.78 is 0. The van der Waals surface area contributed by atoms with Crippen LogP contribution in [0.15, 0.2) is 10.1 Å². The summed E-state index contributed by atoms with van der Waals surface area (Å²) in [5.41, 5.74) is 5.18. The van der Waals surface area contributed by atoms with Gasteiger partial charge in [-0.05, 0) is 68.6 Å². The third-order valence-electron chi connectivity index (χ3n) is 6.24. The summed E-state index contributed by atoms with van der Waals surface area (Å²) in [6, 6.07) is 0. The van der Waals surface area contributed by atoms with Crippen LogP contribution in [0.4, 0.5) is 0 Å². The van der Waals surface area contributed by atoms with Gasteiger partial charge in [-0.25, -0.2) is 0 Å². The van der Waals surface area contributed by atoms with Crippen molar-refractivity contribution < 1.29 is 0 Å². The standard InChI is InChI=1S/C18H29N3S/c1-12(2)3-4-19-17-21-20-16(11-22-17)18-8-13-5-14(9-18)7-15(6-13)10-18/h12-15H,3-11H2,1-2H3,(H,19,21). The zero-order valence-corrected chi connectivity index (χ0v) is 14.8. The van der Waals surface area contributed by atoms with Gasteiger partial charge in [0.15, 0.2) is 5.17 Å². The Morgan fingerprint density at radius 2 is 1.82 bits per heavy atom. The topological polar surface area (TPSA) is 36.8 Å². The summed E-state index contributed by atoms with van der Waals surface area (Å²) in [5, 5.41) is 5.85. The van der Waals surface area contributed by atoms with Crippen LogP contribution in [0, 0.1) is 29.1 Å². The van der Waals surface area contributed by atoms with Gasteiger partial charge >= 0.3 is 0 Å². The lowest BCUT2D eigenvalue weighted by Crippen LogP contribution is -2.51. The largest absolute Gasteiger partial charge is 0.261 e. The van der Waals surface area contributed by atoms with Crippen LogP contribution in [-0.2, 0) is 0 Å². The Labute approximate surface area is 138 Å². The SMILES string of the molecule is CC(C)CCN=C1NN=C(C23CC4CC(CC(C4)C2)C3)CS1. The molecule has 4 fully saturated rings. The Morgan fingerprint density at radius 3 is 2.32 bits per heavy atom. The van der Waals surface area contributed by atoms with Gasteiger partial charge in [0.1, 0.15) is 0 Å². The first-order valence-corrected chi connectivity index (χ1v) is 10.1. The molecule has 0 spiro atoms. The van der Waals surface area contributed by atoms with Gasteiger partial charge in [0.25, 0.3) is 0 Å². The molecule has 3 nitrogen and oxygen atoms in total. The summed E-state index contributed by atoms with van der Waals surface area (Å²) in [7, 11) is 0. The molecule has 0 atom stereocenters. The number of hydrogen-bond acceptors (Lipinski definition) is 3. The Kier molecular flexibility index (Phi) is 4.00. The molecule has 4 aliphatic carbocycles. The van der Waals surface area contributed by atoms with E-state index in [-0.39, 0.29) is 0 Å². The van der Waals surface area contributed by atoms with Crippen LogP contribution >= 0.6 is 11.8 Å². The maximum absolute atomic E-state index is 4.81. The van der Waals surface area contributed by atoms with Crippen LogP contribution in [0.25, 0.3) is 0 Å². The molecule has 0 amide bonds. The van der Waals surface area contributed by atoms with Crippen molar-refractivity contribution in [1.82, 2.24) is 5.43 Å². The van der Waals surface area contributed by atoms with Gasteiger partial charge < -0.3 is 0 Å². The average molecular weight is 320 g/mol. The molecule has 22 heavy (non-hydrogen) atoms. The smallest absolute Gasteiger partial charge is 0.177 e. The van der Waals surface area contributed by atoms with Crippen LogP contribution in [0.3, 0.4) is 0 Å². The van der Waals surface area contributed by atoms with Gasteiger partial charge in [-0.1, -0.05) is 25.6 Å². The number of nitrogens with zero attached hydrogens (tertiary/aromatic N) is 2. The highest BCUT2D eigenvalue weighted by Crippen LogP contribution is 2.60. The molecule has 0 saturated heterocycles. The van der Waals surface area contributed by atoms with E-state index in [1.54, 1.807) is 0 Å². The van der Waals surface area contributed by atoms with Crippen molar-refractivity contribution in [2.75, 3.05) is 12.3 Å². The molecule has 1 heterocycles. The van der Waals surface area contributed by atoms with Crippen LogP contribution < -0.4 is 5.43 Å². The normalized spacial score (nSPS) is 41.9. The lowest BCUT2D eigenvalue weighted by atomic mass is 9.48. The van der Waals surface area contributed by atoms with Crippen molar-refractivity contribution in [2.45, 2.75) is 58.8 Å². The minimum Gasteiger partial charge on any atom is -0.261 e. The lowest BCUT2D eigenvalue weighted by Gasteiger charge is -2.57. The molecule has 4 heteroatoms. The third kappa shape index (κ3) is 2.83. The van der Waals surface area contributed by atoms with Crippen LogP contribution in [-0.4, -0.2) is 23.2 Å². The monoisotopic (exact) mass is 319 g/mol.